The number of anilines is 2. The van der Waals surface area contributed by atoms with E-state index in [1.165, 1.54) is 18.9 Å². The van der Waals surface area contributed by atoms with Crippen LogP contribution in [0.3, 0.4) is 0 Å². The Morgan fingerprint density at radius 1 is 0.967 bits per heavy atom. The lowest BCUT2D eigenvalue weighted by Crippen LogP contribution is -2.35. The van der Waals surface area contributed by atoms with Crippen LogP contribution in [-0.2, 0) is 19.1 Å². The Morgan fingerprint density at radius 2 is 1.63 bits per heavy atom. The van der Waals surface area contributed by atoms with Crippen molar-refractivity contribution in [3.63, 3.8) is 0 Å². The molecule has 1 aliphatic heterocycles. The highest BCUT2D eigenvalue weighted by Crippen LogP contribution is 2.31. The Hall–Kier alpha value is -3.45. The van der Waals surface area contributed by atoms with Crippen LogP contribution in [0.15, 0.2) is 48.2 Å². The third kappa shape index (κ3) is 4.41. The van der Waals surface area contributed by atoms with Gasteiger partial charge in [-0.05, 0) is 54.8 Å². The number of aryl methyl sites for hydroxylation is 2. The molecular weight excluding hydrogens is 382 g/mol. The molecule has 2 aromatic carbocycles. The number of carbonyl (C=O) groups is 3. The van der Waals surface area contributed by atoms with Crippen molar-refractivity contribution < 1.29 is 19.1 Å². The highest BCUT2D eigenvalue weighted by molar-refractivity contribution is 6.36. The maximum Gasteiger partial charge on any atom is 0.278 e. The minimum atomic E-state index is -0.392. The lowest BCUT2D eigenvalue weighted by molar-refractivity contribution is -0.137. The molecule has 0 aliphatic carbocycles. The number of methoxy groups -OCH3 is 1. The van der Waals surface area contributed by atoms with Crippen molar-refractivity contribution in [2.45, 2.75) is 20.8 Å². The minimum absolute atomic E-state index is 0.166. The maximum atomic E-state index is 13.1. The Bertz CT molecular complexity index is 1030. The molecule has 1 heterocycles. The van der Waals surface area contributed by atoms with E-state index in [4.69, 9.17) is 4.74 Å². The first kappa shape index (κ1) is 21.3. The van der Waals surface area contributed by atoms with Crippen LogP contribution in [0.5, 0.6) is 0 Å². The number of nitrogens with one attached hydrogen (secondary N) is 2. The summed E-state index contributed by atoms with van der Waals surface area (Å²) in [4.78, 5) is 38.6. The number of hydrogen-bond donors (Lipinski definition) is 2. The molecule has 2 aromatic rings. The zero-order valence-electron chi connectivity index (χ0n) is 17.5. The van der Waals surface area contributed by atoms with E-state index >= 15 is 0 Å². The van der Waals surface area contributed by atoms with Gasteiger partial charge in [0, 0.05) is 25.4 Å². The Morgan fingerprint density at radius 3 is 2.23 bits per heavy atom. The minimum Gasteiger partial charge on any atom is -0.383 e. The molecule has 3 amide bonds. The van der Waals surface area contributed by atoms with Gasteiger partial charge in [-0.15, -0.1) is 0 Å². The topological polar surface area (TPSA) is 87.7 Å². The summed E-state index contributed by atoms with van der Waals surface area (Å²) in [5.41, 5.74) is 4.68. The summed E-state index contributed by atoms with van der Waals surface area (Å²) < 4.78 is 5.05. The Kier molecular flexibility index (Phi) is 6.32. The number of nitrogens with zero attached hydrogens (tertiary/aromatic N) is 1. The van der Waals surface area contributed by atoms with Crippen LogP contribution < -0.4 is 10.6 Å². The first-order chi connectivity index (χ1) is 14.3. The molecule has 0 unspecified atom stereocenters. The normalized spacial score (nSPS) is 13.8. The fourth-order valence-corrected chi connectivity index (χ4v) is 3.23. The van der Waals surface area contributed by atoms with Crippen molar-refractivity contribution in [1.29, 1.82) is 0 Å². The molecule has 0 spiro atoms. The molecule has 0 radical (unpaired) electrons. The fraction of sp³-hybridized carbons (Fsp3) is 0.261. The molecule has 0 atom stereocenters. The summed E-state index contributed by atoms with van der Waals surface area (Å²) in [6.07, 6.45) is 0. The van der Waals surface area contributed by atoms with Gasteiger partial charge in [0.2, 0.25) is 5.91 Å². The van der Waals surface area contributed by atoms with Crippen molar-refractivity contribution in [2.24, 2.45) is 0 Å². The number of rotatable bonds is 7. The van der Waals surface area contributed by atoms with E-state index in [2.05, 4.69) is 10.6 Å². The van der Waals surface area contributed by atoms with Crippen molar-refractivity contribution in [2.75, 3.05) is 30.9 Å². The predicted molar refractivity (Wildman–Crippen MR) is 116 cm³/mol. The van der Waals surface area contributed by atoms with Gasteiger partial charge in [-0.25, -0.2) is 0 Å². The molecule has 0 fully saturated rings. The number of benzene rings is 2. The molecule has 156 valence electrons. The third-order valence-electron chi connectivity index (χ3n) is 4.96. The fourth-order valence-electron chi connectivity index (χ4n) is 3.23. The van der Waals surface area contributed by atoms with Crippen molar-refractivity contribution in [3.8, 4) is 0 Å². The Labute approximate surface area is 175 Å². The lowest BCUT2D eigenvalue weighted by atomic mass is 10.0. The average molecular weight is 407 g/mol. The second-order valence-corrected chi connectivity index (χ2v) is 7.19. The van der Waals surface area contributed by atoms with Crippen molar-refractivity contribution in [3.05, 3.63) is 64.9 Å². The summed E-state index contributed by atoms with van der Waals surface area (Å²) in [6.45, 7) is 5.85. The molecule has 7 heteroatoms. The van der Waals surface area contributed by atoms with E-state index < -0.39 is 5.91 Å². The predicted octanol–water partition coefficient (Wildman–Crippen LogP) is 3.10. The van der Waals surface area contributed by atoms with Crippen LogP contribution in [0, 0.1) is 13.8 Å². The van der Waals surface area contributed by atoms with Gasteiger partial charge in [-0.2, -0.15) is 0 Å². The molecule has 0 bridgehead atoms. The third-order valence-corrected chi connectivity index (χ3v) is 4.96. The van der Waals surface area contributed by atoms with Gasteiger partial charge in [0.25, 0.3) is 11.8 Å². The van der Waals surface area contributed by atoms with Gasteiger partial charge >= 0.3 is 0 Å². The molecule has 0 aromatic heterocycles. The van der Waals surface area contributed by atoms with Crippen LogP contribution in [0.4, 0.5) is 11.4 Å². The second-order valence-electron chi connectivity index (χ2n) is 7.19. The van der Waals surface area contributed by atoms with Gasteiger partial charge in [0.05, 0.1) is 18.7 Å². The number of imide groups is 1. The van der Waals surface area contributed by atoms with E-state index in [-0.39, 0.29) is 30.7 Å². The number of carbonyl (C=O) groups excluding carboxylic acids is 3. The molecule has 2 N–H and O–H groups in total. The van der Waals surface area contributed by atoms with Crippen LogP contribution in [0.1, 0.15) is 23.6 Å². The van der Waals surface area contributed by atoms with E-state index in [9.17, 15) is 14.4 Å². The highest BCUT2D eigenvalue weighted by Gasteiger charge is 2.39. The molecule has 1 aliphatic rings. The summed E-state index contributed by atoms with van der Waals surface area (Å²) in [6, 6.07) is 12.6. The molecule has 30 heavy (non-hydrogen) atoms. The quantitative estimate of drug-likeness (QED) is 0.689. The maximum absolute atomic E-state index is 13.1. The largest absolute Gasteiger partial charge is 0.383 e. The zero-order valence-corrected chi connectivity index (χ0v) is 17.5. The van der Waals surface area contributed by atoms with Gasteiger partial charge < -0.3 is 15.4 Å². The first-order valence-corrected chi connectivity index (χ1v) is 9.63. The Balaban J connectivity index is 2.01. The lowest BCUT2D eigenvalue weighted by Gasteiger charge is -2.14. The number of hydrogen-bond acceptors (Lipinski definition) is 5. The highest BCUT2D eigenvalue weighted by atomic mass is 16.5. The first-order valence-electron chi connectivity index (χ1n) is 9.63. The monoisotopic (exact) mass is 407 g/mol. The summed E-state index contributed by atoms with van der Waals surface area (Å²) in [5, 5.41) is 5.84. The molecule has 0 saturated carbocycles. The number of ether oxygens (including phenoxy) is 1. The van der Waals surface area contributed by atoms with E-state index in [1.807, 2.05) is 32.0 Å². The van der Waals surface area contributed by atoms with Gasteiger partial charge in [0.1, 0.15) is 5.70 Å². The van der Waals surface area contributed by atoms with Crippen LogP contribution >= 0.6 is 0 Å². The van der Waals surface area contributed by atoms with Crippen molar-refractivity contribution >= 4 is 34.7 Å². The van der Waals surface area contributed by atoms with E-state index in [0.29, 0.717) is 16.8 Å². The van der Waals surface area contributed by atoms with Gasteiger partial charge in [0.15, 0.2) is 0 Å². The van der Waals surface area contributed by atoms with Crippen LogP contribution in [-0.4, -0.2) is 42.9 Å². The molecule has 3 rings (SSSR count). The molecule has 0 saturated heterocycles. The average Bonchev–Trinajstić information content (AvgIpc) is 2.93. The number of amides is 3. The summed E-state index contributed by atoms with van der Waals surface area (Å²) in [7, 11) is 1.52. The van der Waals surface area contributed by atoms with Crippen molar-refractivity contribution in [1.82, 2.24) is 4.90 Å². The zero-order chi connectivity index (χ0) is 21.8. The van der Waals surface area contributed by atoms with Gasteiger partial charge in [-0.1, -0.05) is 18.2 Å². The summed E-state index contributed by atoms with van der Waals surface area (Å²) in [5.74, 6) is -0.955. The smallest absolute Gasteiger partial charge is 0.278 e. The second kappa shape index (κ2) is 8.92. The van der Waals surface area contributed by atoms with Crippen LogP contribution in [0.2, 0.25) is 0 Å². The SMILES string of the molecule is COCCN1C(=O)C(Nc2ccc(C)c(C)c2)=C(c2ccc(NC(C)=O)cc2)C1=O. The van der Waals surface area contributed by atoms with E-state index in [0.717, 1.165) is 16.8 Å². The van der Waals surface area contributed by atoms with Crippen LogP contribution in [0.25, 0.3) is 5.57 Å². The van der Waals surface area contributed by atoms with Gasteiger partial charge in [-0.3, -0.25) is 19.3 Å². The van der Waals surface area contributed by atoms with E-state index in [1.54, 1.807) is 24.3 Å². The summed E-state index contributed by atoms with van der Waals surface area (Å²) >= 11 is 0. The molecular formula is C23H25N3O4. The molecule has 7 nitrogen and oxygen atoms in total. The standard InChI is InChI=1S/C23H25N3O4/c1-14-5-8-19(13-15(14)2)25-21-20(22(28)26(23(21)29)11-12-30-4)17-6-9-18(10-7-17)24-16(3)27/h5-10,13,25H,11-12H2,1-4H3,(H,24,27).